The molecule has 3 rings (SSSR count). The number of benzene rings is 2. The van der Waals surface area contributed by atoms with E-state index in [-0.39, 0.29) is 18.1 Å². The van der Waals surface area contributed by atoms with E-state index in [0.29, 0.717) is 17.9 Å². The molecule has 6 heteroatoms. The molecule has 0 atom stereocenters. The Bertz CT molecular complexity index is 979. The number of ether oxygens (including phenoxy) is 1. The lowest BCUT2D eigenvalue weighted by Crippen LogP contribution is -2.36. The van der Waals surface area contributed by atoms with E-state index in [1.807, 2.05) is 49.4 Å². The van der Waals surface area contributed by atoms with Crippen molar-refractivity contribution in [1.82, 2.24) is 10.6 Å². The summed E-state index contributed by atoms with van der Waals surface area (Å²) in [6.07, 6.45) is 2.99. The molecular formula is C23H22N2O4. The maximum Gasteiger partial charge on any atom is 0.268 e. The van der Waals surface area contributed by atoms with E-state index in [1.165, 1.54) is 12.3 Å². The van der Waals surface area contributed by atoms with E-state index in [1.54, 1.807) is 24.3 Å². The highest BCUT2D eigenvalue weighted by molar-refractivity contribution is 6.05. The smallest absolute Gasteiger partial charge is 0.268 e. The van der Waals surface area contributed by atoms with Crippen LogP contribution in [0.5, 0.6) is 5.75 Å². The van der Waals surface area contributed by atoms with Gasteiger partial charge < -0.3 is 19.8 Å². The number of rotatable bonds is 8. The summed E-state index contributed by atoms with van der Waals surface area (Å²) in [5, 5.41) is 5.43. The van der Waals surface area contributed by atoms with Crippen molar-refractivity contribution in [1.29, 1.82) is 0 Å². The van der Waals surface area contributed by atoms with Crippen molar-refractivity contribution in [3.8, 4) is 5.75 Å². The molecule has 0 aliphatic carbocycles. The maximum atomic E-state index is 12.6. The molecule has 2 amide bonds. The highest BCUT2D eigenvalue weighted by atomic mass is 16.5. The van der Waals surface area contributed by atoms with Crippen LogP contribution >= 0.6 is 0 Å². The molecule has 148 valence electrons. The third kappa shape index (κ3) is 5.84. The summed E-state index contributed by atoms with van der Waals surface area (Å²) < 4.78 is 10.8. The molecule has 0 saturated heterocycles. The first kappa shape index (κ1) is 19.9. The first-order valence-electron chi connectivity index (χ1n) is 9.22. The van der Waals surface area contributed by atoms with Gasteiger partial charge in [-0.1, -0.05) is 36.4 Å². The average Bonchev–Trinajstić information content (AvgIpc) is 3.25. The minimum absolute atomic E-state index is 0.0907. The van der Waals surface area contributed by atoms with Crippen molar-refractivity contribution >= 4 is 17.9 Å². The standard InChI is InChI=1S/C23H22N2O4/c1-17-8-5-6-12-20(17)22(26)25-21(16-19-11-7-14-28-19)23(27)24-13-15-29-18-9-3-2-4-10-18/h2-12,14,16H,13,15H2,1H3,(H,24,27)(H,25,26)/b21-16-. The van der Waals surface area contributed by atoms with Crippen LogP contribution in [0.3, 0.4) is 0 Å². The van der Waals surface area contributed by atoms with Crippen molar-refractivity contribution in [2.75, 3.05) is 13.2 Å². The average molecular weight is 390 g/mol. The molecule has 6 nitrogen and oxygen atoms in total. The van der Waals surface area contributed by atoms with Crippen LogP contribution in [0.2, 0.25) is 0 Å². The van der Waals surface area contributed by atoms with Crippen LogP contribution in [0.15, 0.2) is 83.1 Å². The normalized spacial score (nSPS) is 11.0. The van der Waals surface area contributed by atoms with Crippen molar-refractivity contribution in [3.63, 3.8) is 0 Å². The lowest BCUT2D eigenvalue weighted by molar-refractivity contribution is -0.117. The van der Waals surface area contributed by atoms with Crippen LogP contribution in [0.1, 0.15) is 21.7 Å². The molecule has 0 spiro atoms. The van der Waals surface area contributed by atoms with E-state index in [4.69, 9.17) is 9.15 Å². The number of carbonyl (C=O) groups is 2. The van der Waals surface area contributed by atoms with Crippen LogP contribution in [-0.4, -0.2) is 25.0 Å². The Labute approximate surface area is 169 Å². The number of hydrogen-bond acceptors (Lipinski definition) is 4. The lowest BCUT2D eigenvalue weighted by atomic mass is 10.1. The van der Waals surface area contributed by atoms with Gasteiger partial charge >= 0.3 is 0 Å². The van der Waals surface area contributed by atoms with Gasteiger partial charge in [-0.05, 0) is 42.8 Å². The number of furan rings is 1. The predicted molar refractivity (Wildman–Crippen MR) is 110 cm³/mol. The summed E-state index contributed by atoms with van der Waals surface area (Å²) in [6.45, 7) is 2.42. The number of aryl methyl sites for hydroxylation is 1. The summed E-state index contributed by atoms with van der Waals surface area (Å²) in [4.78, 5) is 25.3. The topological polar surface area (TPSA) is 80.6 Å². The molecule has 0 unspecified atom stereocenters. The summed E-state index contributed by atoms with van der Waals surface area (Å²) in [5.74, 6) is 0.387. The van der Waals surface area contributed by atoms with Gasteiger partial charge in [0.2, 0.25) is 0 Å². The Morgan fingerprint density at radius 1 is 1.00 bits per heavy atom. The largest absolute Gasteiger partial charge is 0.492 e. The molecule has 2 N–H and O–H groups in total. The van der Waals surface area contributed by atoms with Crippen LogP contribution in [0, 0.1) is 6.92 Å². The second-order valence-corrected chi connectivity index (χ2v) is 6.26. The van der Waals surface area contributed by atoms with Gasteiger partial charge in [0.1, 0.15) is 23.8 Å². The summed E-state index contributed by atoms with van der Waals surface area (Å²) >= 11 is 0. The molecule has 0 bridgehead atoms. The van der Waals surface area contributed by atoms with Crippen LogP contribution < -0.4 is 15.4 Å². The summed E-state index contributed by atoms with van der Waals surface area (Å²) in [7, 11) is 0. The predicted octanol–water partition coefficient (Wildman–Crippen LogP) is 3.55. The molecule has 2 aromatic carbocycles. The Morgan fingerprint density at radius 3 is 2.48 bits per heavy atom. The van der Waals surface area contributed by atoms with Crippen molar-refractivity contribution < 1.29 is 18.7 Å². The van der Waals surface area contributed by atoms with Gasteiger partial charge in [0, 0.05) is 11.6 Å². The van der Waals surface area contributed by atoms with Crippen LogP contribution in [-0.2, 0) is 4.79 Å². The number of para-hydroxylation sites is 1. The fourth-order valence-electron chi connectivity index (χ4n) is 2.64. The van der Waals surface area contributed by atoms with Gasteiger partial charge in [0.05, 0.1) is 12.8 Å². The second kappa shape index (κ2) is 9.94. The zero-order valence-electron chi connectivity index (χ0n) is 16.1. The zero-order chi connectivity index (χ0) is 20.5. The highest BCUT2D eigenvalue weighted by Gasteiger charge is 2.16. The first-order chi connectivity index (χ1) is 14.1. The molecule has 29 heavy (non-hydrogen) atoms. The van der Waals surface area contributed by atoms with Crippen LogP contribution in [0.4, 0.5) is 0 Å². The minimum atomic E-state index is -0.431. The minimum Gasteiger partial charge on any atom is -0.492 e. The van der Waals surface area contributed by atoms with Gasteiger partial charge in [-0.2, -0.15) is 0 Å². The number of amides is 2. The Kier molecular flexibility index (Phi) is 6.84. The third-order valence-corrected chi connectivity index (χ3v) is 4.11. The lowest BCUT2D eigenvalue weighted by Gasteiger charge is -2.12. The summed E-state index contributed by atoms with van der Waals surface area (Å²) in [5.41, 5.74) is 1.41. The van der Waals surface area contributed by atoms with Gasteiger partial charge in [-0.25, -0.2) is 0 Å². The Hall–Kier alpha value is -3.80. The van der Waals surface area contributed by atoms with E-state index >= 15 is 0 Å². The highest BCUT2D eigenvalue weighted by Crippen LogP contribution is 2.11. The summed E-state index contributed by atoms with van der Waals surface area (Å²) in [6, 6.07) is 19.9. The Morgan fingerprint density at radius 2 is 1.76 bits per heavy atom. The molecule has 0 aliphatic heterocycles. The van der Waals surface area contributed by atoms with Gasteiger partial charge in [0.25, 0.3) is 11.8 Å². The molecule has 1 heterocycles. The van der Waals surface area contributed by atoms with Crippen molar-refractivity contribution in [3.05, 3.63) is 95.6 Å². The quantitative estimate of drug-likeness (QED) is 0.455. The van der Waals surface area contributed by atoms with Gasteiger partial charge in [0.15, 0.2) is 0 Å². The van der Waals surface area contributed by atoms with E-state index in [0.717, 1.165) is 11.3 Å². The third-order valence-electron chi connectivity index (χ3n) is 4.11. The number of hydrogen-bond donors (Lipinski definition) is 2. The molecule has 0 fully saturated rings. The fraction of sp³-hybridized carbons (Fsp3) is 0.130. The second-order valence-electron chi connectivity index (χ2n) is 6.26. The Balaban J connectivity index is 1.64. The van der Waals surface area contributed by atoms with Crippen molar-refractivity contribution in [2.45, 2.75) is 6.92 Å². The molecule has 0 radical (unpaired) electrons. The van der Waals surface area contributed by atoms with Crippen LogP contribution in [0.25, 0.3) is 6.08 Å². The van der Waals surface area contributed by atoms with Gasteiger partial charge in [-0.15, -0.1) is 0 Å². The molecule has 1 aromatic heterocycles. The number of nitrogens with one attached hydrogen (secondary N) is 2. The van der Waals surface area contributed by atoms with Crippen molar-refractivity contribution in [2.24, 2.45) is 0 Å². The first-order valence-corrected chi connectivity index (χ1v) is 9.22. The SMILES string of the molecule is Cc1ccccc1C(=O)N/C(=C\c1ccco1)C(=O)NCCOc1ccccc1. The van der Waals surface area contributed by atoms with E-state index in [2.05, 4.69) is 10.6 Å². The monoisotopic (exact) mass is 390 g/mol. The fourth-order valence-corrected chi connectivity index (χ4v) is 2.64. The molecule has 3 aromatic rings. The molecule has 0 saturated carbocycles. The molecular weight excluding hydrogens is 368 g/mol. The zero-order valence-corrected chi connectivity index (χ0v) is 16.1. The number of carbonyl (C=O) groups excluding carboxylic acids is 2. The molecule has 0 aliphatic rings. The van der Waals surface area contributed by atoms with Gasteiger partial charge in [-0.3, -0.25) is 9.59 Å². The van der Waals surface area contributed by atoms with E-state index < -0.39 is 5.91 Å². The van der Waals surface area contributed by atoms with E-state index in [9.17, 15) is 9.59 Å². The maximum absolute atomic E-state index is 12.6.